The Kier molecular flexibility index (Phi) is 5.65. The van der Waals surface area contributed by atoms with E-state index in [9.17, 15) is 9.90 Å². The summed E-state index contributed by atoms with van der Waals surface area (Å²) in [6.45, 7) is 1.56. The van der Waals surface area contributed by atoms with E-state index in [1.807, 2.05) is 18.2 Å². The Morgan fingerprint density at radius 1 is 1.22 bits per heavy atom. The lowest BCUT2D eigenvalue weighted by Gasteiger charge is -2.19. The molecule has 2 fully saturated rings. The number of carbonyl (C=O) groups excluding carboxylic acids is 1. The van der Waals surface area contributed by atoms with Crippen molar-refractivity contribution in [3.63, 3.8) is 0 Å². The second kappa shape index (κ2) is 7.90. The molecule has 3 rings (SSSR count). The predicted octanol–water partition coefficient (Wildman–Crippen LogP) is 1.21. The number of rotatable bonds is 6. The van der Waals surface area contributed by atoms with E-state index in [1.54, 1.807) is 0 Å². The first-order valence-electron chi connectivity index (χ1n) is 8.59. The Hall–Kier alpha value is -1.43. The molecule has 3 unspecified atom stereocenters. The van der Waals surface area contributed by atoms with Crippen LogP contribution >= 0.6 is 0 Å². The maximum absolute atomic E-state index is 12.0. The minimum Gasteiger partial charge on any atom is -0.389 e. The SMILES string of the molecule is O=C(NCC1OCC(NCc2ccccc2)C1O)C1CCCC1. The number of hydrogen-bond donors (Lipinski definition) is 3. The number of amides is 1. The van der Waals surface area contributed by atoms with Gasteiger partial charge in [0.2, 0.25) is 5.91 Å². The molecule has 1 saturated heterocycles. The molecule has 1 amide bonds. The molecule has 1 aromatic carbocycles. The Labute approximate surface area is 137 Å². The average molecular weight is 318 g/mol. The fraction of sp³-hybridized carbons (Fsp3) is 0.611. The largest absolute Gasteiger partial charge is 0.389 e. The Morgan fingerprint density at radius 3 is 2.70 bits per heavy atom. The van der Waals surface area contributed by atoms with Crippen molar-refractivity contribution in [2.24, 2.45) is 5.92 Å². The van der Waals surface area contributed by atoms with Crippen molar-refractivity contribution >= 4 is 5.91 Å². The summed E-state index contributed by atoms with van der Waals surface area (Å²) in [5, 5.41) is 16.6. The lowest BCUT2D eigenvalue weighted by atomic mass is 10.1. The Bertz CT molecular complexity index is 502. The zero-order chi connectivity index (χ0) is 16.1. The van der Waals surface area contributed by atoms with Gasteiger partial charge >= 0.3 is 0 Å². The molecule has 5 nitrogen and oxygen atoms in total. The summed E-state index contributed by atoms with van der Waals surface area (Å²) in [5.74, 6) is 0.263. The van der Waals surface area contributed by atoms with Gasteiger partial charge in [-0.05, 0) is 18.4 Å². The van der Waals surface area contributed by atoms with Gasteiger partial charge in [0, 0.05) is 19.0 Å². The number of aliphatic hydroxyl groups excluding tert-OH is 1. The van der Waals surface area contributed by atoms with Crippen LogP contribution in [-0.4, -0.2) is 42.4 Å². The third kappa shape index (κ3) is 4.31. The second-order valence-corrected chi connectivity index (χ2v) is 6.56. The van der Waals surface area contributed by atoms with Crippen molar-refractivity contribution in [1.82, 2.24) is 10.6 Å². The maximum Gasteiger partial charge on any atom is 0.223 e. The highest BCUT2D eigenvalue weighted by atomic mass is 16.5. The van der Waals surface area contributed by atoms with E-state index in [1.165, 1.54) is 5.56 Å². The highest BCUT2D eigenvalue weighted by Crippen LogP contribution is 2.24. The lowest BCUT2D eigenvalue weighted by Crippen LogP contribution is -2.45. The first-order chi connectivity index (χ1) is 11.2. The molecular formula is C18H26N2O3. The summed E-state index contributed by atoms with van der Waals surface area (Å²) in [4.78, 5) is 12.0. The van der Waals surface area contributed by atoms with Crippen molar-refractivity contribution in [3.8, 4) is 0 Å². The van der Waals surface area contributed by atoms with Crippen LogP contribution in [0.3, 0.4) is 0 Å². The first-order valence-corrected chi connectivity index (χ1v) is 8.59. The van der Waals surface area contributed by atoms with E-state index in [0.717, 1.165) is 25.7 Å². The van der Waals surface area contributed by atoms with Gasteiger partial charge in [0.1, 0.15) is 6.10 Å². The van der Waals surface area contributed by atoms with Crippen LogP contribution in [-0.2, 0) is 16.1 Å². The standard InChI is InChI=1S/C18H26N2O3/c21-17-15(19-10-13-6-2-1-3-7-13)12-23-16(17)11-20-18(22)14-8-4-5-9-14/h1-3,6-7,14-17,19,21H,4-5,8-12H2,(H,20,22). The van der Waals surface area contributed by atoms with E-state index in [4.69, 9.17) is 4.74 Å². The molecule has 0 aromatic heterocycles. The number of aliphatic hydroxyl groups is 1. The summed E-state index contributed by atoms with van der Waals surface area (Å²) < 4.78 is 5.65. The van der Waals surface area contributed by atoms with E-state index >= 15 is 0 Å². The van der Waals surface area contributed by atoms with Crippen LogP contribution in [0.5, 0.6) is 0 Å². The smallest absolute Gasteiger partial charge is 0.223 e. The second-order valence-electron chi connectivity index (χ2n) is 6.56. The van der Waals surface area contributed by atoms with E-state index in [2.05, 4.69) is 22.8 Å². The van der Waals surface area contributed by atoms with Crippen molar-refractivity contribution in [1.29, 1.82) is 0 Å². The minimum absolute atomic E-state index is 0.0939. The maximum atomic E-state index is 12.0. The summed E-state index contributed by atoms with van der Waals surface area (Å²) >= 11 is 0. The molecule has 0 radical (unpaired) electrons. The quantitative estimate of drug-likeness (QED) is 0.737. The fourth-order valence-electron chi connectivity index (χ4n) is 3.42. The molecule has 2 aliphatic rings. The van der Waals surface area contributed by atoms with Crippen LogP contribution in [0.1, 0.15) is 31.2 Å². The molecule has 126 valence electrons. The Morgan fingerprint density at radius 2 is 1.96 bits per heavy atom. The molecule has 3 atom stereocenters. The molecule has 1 aliphatic heterocycles. The average Bonchev–Trinajstić information content (AvgIpc) is 3.22. The molecule has 3 N–H and O–H groups in total. The van der Waals surface area contributed by atoms with Crippen LogP contribution < -0.4 is 10.6 Å². The van der Waals surface area contributed by atoms with Gasteiger partial charge in [-0.25, -0.2) is 0 Å². The number of carbonyl (C=O) groups is 1. The normalized spacial score (nSPS) is 28.1. The van der Waals surface area contributed by atoms with Gasteiger partial charge in [-0.3, -0.25) is 4.79 Å². The van der Waals surface area contributed by atoms with Crippen molar-refractivity contribution < 1.29 is 14.6 Å². The predicted molar refractivity (Wildman–Crippen MR) is 87.8 cm³/mol. The molecule has 1 heterocycles. The van der Waals surface area contributed by atoms with Crippen molar-refractivity contribution in [3.05, 3.63) is 35.9 Å². The number of benzene rings is 1. The van der Waals surface area contributed by atoms with Crippen LogP contribution in [0.2, 0.25) is 0 Å². The zero-order valence-electron chi connectivity index (χ0n) is 13.4. The summed E-state index contributed by atoms with van der Waals surface area (Å²) in [7, 11) is 0. The fourth-order valence-corrected chi connectivity index (χ4v) is 3.42. The van der Waals surface area contributed by atoms with Crippen LogP contribution in [0.4, 0.5) is 0 Å². The van der Waals surface area contributed by atoms with Gasteiger partial charge < -0.3 is 20.5 Å². The molecule has 1 aliphatic carbocycles. The lowest BCUT2D eigenvalue weighted by molar-refractivity contribution is -0.125. The molecular weight excluding hydrogens is 292 g/mol. The summed E-state index contributed by atoms with van der Waals surface area (Å²) in [5.41, 5.74) is 1.18. The van der Waals surface area contributed by atoms with E-state index in [0.29, 0.717) is 19.7 Å². The van der Waals surface area contributed by atoms with Gasteiger partial charge in [0.05, 0.1) is 18.8 Å². The third-order valence-corrected chi connectivity index (χ3v) is 4.90. The summed E-state index contributed by atoms with van der Waals surface area (Å²) in [6, 6.07) is 9.99. The van der Waals surface area contributed by atoms with Gasteiger partial charge in [0.15, 0.2) is 0 Å². The van der Waals surface area contributed by atoms with E-state index < -0.39 is 6.10 Å². The molecule has 1 aromatic rings. The monoisotopic (exact) mass is 318 g/mol. The number of hydrogen-bond acceptors (Lipinski definition) is 4. The molecule has 0 spiro atoms. The number of nitrogens with one attached hydrogen (secondary N) is 2. The zero-order valence-corrected chi connectivity index (χ0v) is 13.4. The highest BCUT2D eigenvalue weighted by Gasteiger charge is 2.36. The van der Waals surface area contributed by atoms with Gasteiger partial charge in [-0.1, -0.05) is 43.2 Å². The van der Waals surface area contributed by atoms with Gasteiger partial charge in [0.25, 0.3) is 0 Å². The van der Waals surface area contributed by atoms with Gasteiger partial charge in [-0.2, -0.15) is 0 Å². The van der Waals surface area contributed by atoms with Crippen molar-refractivity contribution in [2.75, 3.05) is 13.2 Å². The molecule has 5 heteroatoms. The van der Waals surface area contributed by atoms with E-state index in [-0.39, 0.29) is 24.0 Å². The van der Waals surface area contributed by atoms with Gasteiger partial charge in [-0.15, -0.1) is 0 Å². The van der Waals surface area contributed by atoms with Crippen LogP contribution in [0.25, 0.3) is 0 Å². The molecule has 0 bridgehead atoms. The molecule has 23 heavy (non-hydrogen) atoms. The number of ether oxygens (including phenoxy) is 1. The Balaban J connectivity index is 1.41. The van der Waals surface area contributed by atoms with Crippen LogP contribution in [0.15, 0.2) is 30.3 Å². The topological polar surface area (TPSA) is 70.6 Å². The summed E-state index contributed by atoms with van der Waals surface area (Å²) in [6.07, 6.45) is 3.34. The minimum atomic E-state index is -0.595. The van der Waals surface area contributed by atoms with Crippen molar-refractivity contribution in [2.45, 2.75) is 50.5 Å². The highest BCUT2D eigenvalue weighted by molar-refractivity contribution is 5.78. The molecule has 1 saturated carbocycles. The van der Waals surface area contributed by atoms with Crippen LogP contribution in [0, 0.1) is 5.92 Å². The third-order valence-electron chi connectivity index (χ3n) is 4.90. The first kappa shape index (κ1) is 16.4.